The topological polar surface area (TPSA) is 91.7 Å². The van der Waals surface area contributed by atoms with Crippen molar-refractivity contribution in [3.05, 3.63) is 75.2 Å². The number of hydrogen-bond acceptors (Lipinski definition) is 6. The molecule has 0 N–H and O–H groups in total. The predicted molar refractivity (Wildman–Crippen MR) is 118 cm³/mol. The molecular formula is C23H22F3NO6S. The van der Waals surface area contributed by atoms with Crippen LogP contribution in [-0.2, 0) is 25.9 Å². The van der Waals surface area contributed by atoms with E-state index in [0.717, 1.165) is 10.1 Å². The molecule has 0 aliphatic rings. The Labute approximate surface area is 193 Å². The monoisotopic (exact) mass is 497 g/mol. The molecule has 0 bridgehead atoms. The Morgan fingerprint density at radius 2 is 1.76 bits per heavy atom. The van der Waals surface area contributed by atoms with Gasteiger partial charge in [0.25, 0.3) is 0 Å². The number of rotatable bonds is 8. The fraction of sp³-hybridized carbons (Fsp3) is 0.304. The highest BCUT2D eigenvalue weighted by molar-refractivity contribution is 7.90. The number of hydrogen-bond donors (Lipinski definition) is 0. The zero-order chi connectivity index (χ0) is 25.2. The van der Waals surface area contributed by atoms with Gasteiger partial charge >= 0.3 is 5.97 Å². The van der Waals surface area contributed by atoms with E-state index in [1.54, 1.807) is 24.3 Å². The van der Waals surface area contributed by atoms with Gasteiger partial charge in [-0.1, -0.05) is 30.3 Å². The summed E-state index contributed by atoms with van der Waals surface area (Å²) in [5, 5.41) is -1.58. The lowest BCUT2D eigenvalue weighted by atomic mass is 10.1. The normalized spacial score (nSPS) is 12.6. The first-order chi connectivity index (χ1) is 16.0. The van der Waals surface area contributed by atoms with Gasteiger partial charge in [0.1, 0.15) is 5.56 Å². The van der Waals surface area contributed by atoms with E-state index in [9.17, 15) is 31.2 Å². The van der Waals surface area contributed by atoms with Crippen LogP contribution in [0.15, 0.2) is 46.2 Å². The van der Waals surface area contributed by atoms with Crippen LogP contribution in [0.25, 0.3) is 10.9 Å². The standard InChI is InChI=1S/C23H22F3NO6S/c1-4-33-23(29)17-21(28)15-10-16(24)18(25)19(26)20(15)27(22(17)34(3,30)31)13(2)11-32-12-14-8-6-5-7-9-14/h5-10,13H,4,11-12H2,1-3H3/t13-/m0/s1. The third-order valence-corrected chi connectivity index (χ3v) is 6.13. The summed E-state index contributed by atoms with van der Waals surface area (Å²) in [5.41, 5.74) is -2.21. The largest absolute Gasteiger partial charge is 0.462 e. The number of benzene rings is 2. The van der Waals surface area contributed by atoms with Crippen LogP contribution in [0.5, 0.6) is 0 Å². The fourth-order valence-corrected chi connectivity index (χ4v) is 4.79. The third-order valence-electron chi connectivity index (χ3n) is 5.02. The van der Waals surface area contributed by atoms with Crippen LogP contribution < -0.4 is 5.43 Å². The second-order valence-electron chi connectivity index (χ2n) is 7.60. The zero-order valence-corrected chi connectivity index (χ0v) is 19.4. The van der Waals surface area contributed by atoms with Crippen LogP contribution >= 0.6 is 0 Å². The van der Waals surface area contributed by atoms with Crippen molar-refractivity contribution in [2.75, 3.05) is 19.5 Å². The van der Waals surface area contributed by atoms with Crippen LogP contribution in [-0.4, -0.2) is 38.4 Å². The maximum absolute atomic E-state index is 15.0. The van der Waals surface area contributed by atoms with E-state index in [-0.39, 0.29) is 19.8 Å². The molecule has 1 aromatic heterocycles. The van der Waals surface area contributed by atoms with Crippen LogP contribution in [0.1, 0.15) is 35.8 Å². The smallest absolute Gasteiger partial charge is 0.345 e. The van der Waals surface area contributed by atoms with Crippen LogP contribution in [0.4, 0.5) is 13.2 Å². The molecular weight excluding hydrogens is 475 g/mol. The summed E-state index contributed by atoms with van der Waals surface area (Å²) in [7, 11) is -4.38. The van der Waals surface area contributed by atoms with Crippen molar-refractivity contribution in [2.24, 2.45) is 0 Å². The SMILES string of the molecule is CCOC(=O)c1c(S(C)(=O)=O)n([C@@H](C)COCc2ccccc2)c2c(F)c(F)c(F)cc2c1=O. The summed E-state index contributed by atoms with van der Waals surface area (Å²) in [6, 6.07) is 8.37. The first-order valence-corrected chi connectivity index (χ1v) is 12.1. The highest BCUT2D eigenvalue weighted by Gasteiger charge is 2.33. The van der Waals surface area contributed by atoms with Crippen LogP contribution in [0.2, 0.25) is 0 Å². The number of nitrogens with zero attached hydrogens (tertiary/aromatic N) is 1. The van der Waals surface area contributed by atoms with Crippen molar-refractivity contribution in [3.63, 3.8) is 0 Å². The molecule has 3 rings (SSSR count). The summed E-state index contributed by atoms with van der Waals surface area (Å²) in [5.74, 6) is -6.60. The summed E-state index contributed by atoms with van der Waals surface area (Å²) in [6.45, 7) is 2.58. The molecule has 0 aliphatic heterocycles. The summed E-state index contributed by atoms with van der Waals surface area (Å²) in [6.07, 6.45) is 0.710. The van der Waals surface area contributed by atoms with Gasteiger partial charge in [-0.15, -0.1) is 0 Å². The molecule has 0 saturated heterocycles. The van der Waals surface area contributed by atoms with Crippen LogP contribution in [0.3, 0.4) is 0 Å². The molecule has 2 aromatic carbocycles. The number of carbonyl (C=O) groups is 1. The molecule has 1 heterocycles. The van der Waals surface area contributed by atoms with Gasteiger partial charge in [-0.3, -0.25) is 4.79 Å². The number of sulfone groups is 1. The Bertz CT molecular complexity index is 1400. The number of aromatic nitrogens is 1. The number of pyridine rings is 1. The Kier molecular flexibility index (Phi) is 7.47. The Hall–Kier alpha value is -3.18. The van der Waals surface area contributed by atoms with Crippen LogP contribution in [0, 0.1) is 17.5 Å². The van der Waals surface area contributed by atoms with Gasteiger partial charge in [0.15, 0.2) is 32.3 Å². The minimum atomic E-state index is -4.38. The second-order valence-corrected chi connectivity index (χ2v) is 9.54. The number of fused-ring (bicyclic) bond motifs is 1. The van der Waals surface area contributed by atoms with Crippen molar-refractivity contribution in [3.8, 4) is 0 Å². The minimum absolute atomic E-state index is 0.119. The highest BCUT2D eigenvalue weighted by atomic mass is 32.2. The van der Waals surface area contributed by atoms with Crippen molar-refractivity contribution in [2.45, 2.75) is 31.5 Å². The van der Waals surface area contributed by atoms with Gasteiger partial charge in [-0.25, -0.2) is 26.4 Å². The van der Waals surface area contributed by atoms with E-state index in [1.165, 1.54) is 13.8 Å². The third kappa shape index (κ3) is 4.85. The van der Waals surface area contributed by atoms with Gasteiger partial charge in [-0.2, -0.15) is 0 Å². The molecule has 34 heavy (non-hydrogen) atoms. The Morgan fingerprint density at radius 1 is 1.12 bits per heavy atom. The first kappa shape index (κ1) is 25.4. The zero-order valence-electron chi connectivity index (χ0n) is 18.6. The maximum atomic E-state index is 15.0. The number of halogens is 3. The molecule has 0 fully saturated rings. The number of carbonyl (C=O) groups excluding carboxylic acids is 1. The highest BCUT2D eigenvalue weighted by Crippen LogP contribution is 2.30. The lowest BCUT2D eigenvalue weighted by molar-refractivity contribution is 0.0516. The van der Waals surface area contributed by atoms with E-state index >= 15 is 0 Å². The van der Waals surface area contributed by atoms with E-state index < -0.39 is 66.2 Å². The second kappa shape index (κ2) is 9.98. The predicted octanol–water partition coefficient (Wildman–Crippen LogP) is 3.78. The van der Waals surface area contributed by atoms with E-state index in [0.29, 0.717) is 12.3 Å². The number of esters is 1. The molecule has 7 nitrogen and oxygen atoms in total. The van der Waals surface area contributed by atoms with E-state index in [2.05, 4.69) is 0 Å². The Balaban J connectivity index is 2.30. The molecule has 0 amide bonds. The van der Waals surface area contributed by atoms with Crippen molar-refractivity contribution >= 4 is 26.7 Å². The molecule has 182 valence electrons. The lowest BCUT2D eigenvalue weighted by Gasteiger charge is -2.24. The molecule has 0 spiro atoms. The van der Waals surface area contributed by atoms with Gasteiger partial charge in [-0.05, 0) is 25.5 Å². The molecule has 0 unspecified atom stereocenters. The van der Waals surface area contributed by atoms with Gasteiger partial charge in [0, 0.05) is 6.26 Å². The molecule has 3 aromatic rings. The van der Waals surface area contributed by atoms with E-state index in [1.807, 2.05) is 6.07 Å². The summed E-state index contributed by atoms with van der Waals surface area (Å²) in [4.78, 5) is 25.6. The maximum Gasteiger partial charge on any atom is 0.345 e. The molecule has 1 atom stereocenters. The molecule has 0 aliphatic carbocycles. The molecule has 11 heteroatoms. The quantitative estimate of drug-likeness (QED) is 0.348. The Morgan fingerprint density at radius 3 is 2.35 bits per heavy atom. The van der Waals surface area contributed by atoms with Crippen molar-refractivity contribution in [1.29, 1.82) is 0 Å². The average molecular weight is 497 g/mol. The van der Waals surface area contributed by atoms with Gasteiger partial charge < -0.3 is 14.0 Å². The van der Waals surface area contributed by atoms with Gasteiger partial charge in [0.2, 0.25) is 5.43 Å². The van der Waals surface area contributed by atoms with E-state index in [4.69, 9.17) is 9.47 Å². The number of ether oxygens (including phenoxy) is 2. The fourth-order valence-electron chi connectivity index (χ4n) is 3.61. The van der Waals surface area contributed by atoms with Gasteiger partial charge in [0.05, 0.1) is 36.8 Å². The molecule has 0 radical (unpaired) electrons. The van der Waals surface area contributed by atoms with Crippen molar-refractivity contribution in [1.82, 2.24) is 4.57 Å². The summed E-state index contributed by atoms with van der Waals surface area (Å²) >= 11 is 0. The lowest BCUT2D eigenvalue weighted by Crippen LogP contribution is -2.30. The summed E-state index contributed by atoms with van der Waals surface area (Å²) < 4.78 is 79.9. The van der Waals surface area contributed by atoms with Crippen molar-refractivity contribution < 1.29 is 35.9 Å². The first-order valence-electron chi connectivity index (χ1n) is 10.2. The molecule has 0 saturated carbocycles. The minimum Gasteiger partial charge on any atom is -0.462 e. The average Bonchev–Trinajstić information content (AvgIpc) is 2.77.